The number of nitrogens with one attached hydrogen (secondary N) is 1. The third-order valence-electron chi connectivity index (χ3n) is 3.09. The zero-order chi connectivity index (χ0) is 22.6. The SMILES string of the molecule is CC(=COCCCCOc1c(Cl)cc(OCC=C(Cl)Cl)cc1Cl)NOCC(Cl)(Cl)Cl. The van der Waals surface area contributed by atoms with Gasteiger partial charge in [-0.1, -0.05) is 81.2 Å². The van der Waals surface area contributed by atoms with Crippen LogP contribution in [0.2, 0.25) is 10.0 Å². The highest BCUT2D eigenvalue weighted by molar-refractivity contribution is 6.67. The molecule has 0 atom stereocenters. The van der Waals surface area contributed by atoms with Crippen molar-refractivity contribution in [3.8, 4) is 11.5 Å². The summed E-state index contributed by atoms with van der Waals surface area (Å²) in [5.41, 5.74) is 3.23. The van der Waals surface area contributed by atoms with E-state index in [-0.39, 0.29) is 17.7 Å². The number of hydrogen-bond acceptors (Lipinski definition) is 5. The maximum absolute atomic E-state index is 6.21. The molecule has 30 heavy (non-hydrogen) atoms. The number of unbranched alkanes of at least 4 members (excludes halogenated alkanes) is 1. The van der Waals surface area contributed by atoms with Crippen LogP contribution in [0.25, 0.3) is 0 Å². The summed E-state index contributed by atoms with van der Waals surface area (Å²) in [6.45, 7) is 2.74. The number of halogens is 7. The van der Waals surface area contributed by atoms with E-state index in [1.54, 1.807) is 19.1 Å². The number of hydrogen-bond donors (Lipinski definition) is 1. The van der Waals surface area contributed by atoms with Gasteiger partial charge in [0.1, 0.15) is 29.7 Å². The Kier molecular flexibility index (Phi) is 13.8. The largest absolute Gasteiger partial charge is 0.499 e. The van der Waals surface area contributed by atoms with E-state index in [1.807, 2.05) is 0 Å². The lowest BCUT2D eigenvalue weighted by atomic mass is 10.3. The Bertz CT molecular complexity index is 696. The molecular weight excluding hydrogens is 542 g/mol. The van der Waals surface area contributed by atoms with E-state index < -0.39 is 3.79 Å². The first-order valence-electron chi connectivity index (χ1n) is 8.57. The lowest BCUT2D eigenvalue weighted by Crippen LogP contribution is -2.21. The fourth-order valence-electron chi connectivity index (χ4n) is 1.86. The summed E-state index contributed by atoms with van der Waals surface area (Å²) in [5.74, 6) is 0.869. The van der Waals surface area contributed by atoms with Crippen LogP contribution in [0.15, 0.2) is 34.7 Å². The van der Waals surface area contributed by atoms with E-state index in [4.69, 9.17) is 100 Å². The Labute approximate surface area is 211 Å². The maximum atomic E-state index is 6.21. The molecule has 170 valence electrons. The summed E-state index contributed by atoms with van der Waals surface area (Å²) in [5, 5.41) is 0.684. The summed E-state index contributed by atoms with van der Waals surface area (Å²) >= 11 is 40.2. The molecule has 0 aliphatic carbocycles. The summed E-state index contributed by atoms with van der Waals surface area (Å²) in [6, 6.07) is 3.21. The third-order valence-corrected chi connectivity index (χ3v) is 4.29. The molecule has 1 N–H and O–H groups in total. The molecular formula is C18H20Cl7NO4. The molecule has 0 aliphatic heterocycles. The Balaban J connectivity index is 2.28. The van der Waals surface area contributed by atoms with Gasteiger partial charge < -0.3 is 14.2 Å². The summed E-state index contributed by atoms with van der Waals surface area (Å²) in [4.78, 5) is 5.00. The van der Waals surface area contributed by atoms with Crippen molar-refractivity contribution in [3.63, 3.8) is 0 Å². The average molecular weight is 563 g/mol. The Morgan fingerprint density at radius 3 is 2.27 bits per heavy atom. The lowest BCUT2D eigenvalue weighted by Gasteiger charge is -2.13. The third kappa shape index (κ3) is 13.3. The zero-order valence-corrected chi connectivity index (χ0v) is 21.1. The lowest BCUT2D eigenvalue weighted by molar-refractivity contribution is 0.0633. The molecule has 0 unspecified atom stereocenters. The van der Waals surface area contributed by atoms with Gasteiger partial charge >= 0.3 is 0 Å². The van der Waals surface area contributed by atoms with Gasteiger partial charge in [0, 0.05) is 12.1 Å². The van der Waals surface area contributed by atoms with Gasteiger partial charge in [-0.2, -0.15) is 0 Å². The number of allylic oxidation sites excluding steroid dienone is 1. The summed E-state index contributed by atoms with van der Waals surface area (Å²) in [6.07, 6.45) is 4.49. The van der Waals surface area contributed by atoms with Crippen molar-refractivity contribution < 1.29 is 19.0 Å². The molecule has 0 fully saturated rings. The van der Waals surface area contributed by atoms with Crippen molar-refractivity contribution in [2.24, 2.45) is 0 Å². The van der Waals surface area contributed by atoms with E-state index in [2.05, 4.69) is 5.48 Å². The van der Waals surface area contributed by atoms with Crippen LogP contribution in [0.4, 0.5) is 0 Å². The maximum Gasteiger partial charge on any atom is 0.216 e. The molecule has 1 rings (SSSR count). The fraction of sp³-hybridized carbons (Fsp3) is 0.444. The van der Waals surface area contributed by atoms with Crippen molar-refractivity contribution in [1.82, 2.24) is 5.48 Å². The minimum atomic E-state index is -1.48. The predicted octanol–water partition coefficient (Wildman–Crippen LogP) is 7.62. The quantitative estimate of drug-likeness (QED) is 0.116. The highest BCUT2D eigenvalue weighted by atomic mass is 35.6. The number of alkyl halides is 3. The minimum absolute atomic E-state index is 0.1000. The average Bonchev–Trinajstić information content (AvgIpc) is 2.61. The van der Waals surface area contributed by atoms with Gasteiger partial charge in [-0.15, -0.1) is 0 Å². The van der Waals surface area contributed by atoms with E-state index in [9.17, 15) is 0 Å². The van der Waals surface area contributed by atoms with Crippen LogP contribution < -0.4 is 15.0 Å². The first kappa shape index (κ1) is 27.9. The molecule has 0 aromatic heterocycles. The van der Waals surface area contributed by atoms with Gasteiger partial charge in [0.05, 0.1) is 29.0 Å². The van der Waals surface area contributed by atoms with Gasteiger partial charge in [0.2, 0.25) is 3.79 Å². The summed E-state index contributed by atoms with van der Waals surface area (Å²) < 4.78 is 15.1. The van der Waals surface area contributed by atoms with Crippen LogP contribution in [0.3, 0.4) is 0 Å². The second kappa shape index (κ2) is 14.9. The predicted molar refractivity (Wildman–Crippen MR) is 126 cm³/mol. The topological polar surface area (TPSA) is 49.0 Å². The molecule has 0 heterocycles. The number of ether oxygens (including phenoxy) is 3. The van der Waals surface area contributed by atoms with Crippen LogP contribution in [0, 0.1) is 0 Å². The smallest absolute Gasteiger partial charge is 0.216 e. The molecule has 0 bridgehead atoms. The Morgan fingerprint density at radius 2 is 1.67 bits per heavy atom. The Morgan fingerprint density at radius 1 is 1.03 bits per heavy atom. The highest BCUT2D eigenvalue weighted by Gasteiger charge is 2.19. The minimum Gasteiger partial charge on any atom is -0.499 e. The van der Waals surface area contributed by atoms with Crippen LogP contribution in [0.5, 0.6) is 11.5 Å². The molecule has 0 radical (unpaired) electrons. The standard InChI is InChI=1S/C18H20Cl7NO4/c1-12(26-30-11-18(23,24)25)10-27-5-2-3-6-29-17-14(19)8-13(9-15(17)20)28-7-4-16(21)22/h4,8-10,26H,2-3,5-7,11H2,1H3. The van der Waals surface area contributed by atoms with Crippen LogP contribution in [0.1, 0.15) is 19.8 Å². The Hall–Kier alpha value is -0.110. The fourth-order valence-corrected chi connectivity index (χ4v) is 2.73. The molecule has 1 aromatic carbocycles. The first-order chi connectivity index (χ1) is 14.1. The second-order valence-corrected chi connectivity index (χ2v) is 10.1. The zero-order valence-electron chi connectivity index (χ0n) is 15.8. The van der Waals surface area contributed by atoms with Crippen LogP contribution in [-0.4, -0.2) is 30.2 Å². The van der Waals surface area contributed by atoms with E-state index in [0.29, 0.717) is 40.5 Å². The second-order valence-electron chi connectivity index (χ2n) is 5.75. The molecule has 0 spiro atoms. The van der Waals surface area contributed by atoms with E-state index in [0.717, 1.165) is 12.8 Å². The van der Waals surface area contributed by atoms with Gasteiger partial charge in [0.25, 0.3) is 0 Å². The van der Waals surface area contributed by atoms with Crippen molar-refractivity contribution >= 4 is 81.2 Å². The number of hydroxylamine groups is 1. The van der Waals surface area contributed by atoms with E-state index >= 15 is 0 Å². The monoisotopic (exact) mass is 559 g/mol. The molecule has 1 aromatic rings. The summed E-state index contributed by atoms with van der Waals surface area (Å²) in [7, 11) is 0. The van der Waals surface area contributed by atoms with Crippen LogP contribution >= 0.6 is 81.2 Å². The molecule has 0 saturated heterocycles. The molecule has 0 saturated carbocycles. The number of benzene rings is 1. The normalized spacial score (nSPS) is 11.8. The molecule has 0 aliphatic rings. The van der Waals surface area contributed by atoms with Crippen molar-refractivity contribution in [3.05, 3.63) is 44.7 Å². The van der Waals surface area contributed by atoms with Crippen LogP contribution in [-0.2, 0) is 9.57 Å². The first-order valence-corrected chi connectivity index (χ1v) is 11.2. The van der Waals surface area contributed by atoms with Crippen molar-refractivity contribution in [2.75, 3.05) is 26.4 Å². The van der Waals surface area contributed by atoms with Crippen molar-refractivity contribution in [2.45, 2.75) is 23.6 Å². The van der Waals surface area contributed by atoms with Gasteiger partial charge in [-0.25, -0.2) is 0 Å². The molecule has 12 heteroatoms. The van der Waals surface area contributed by atoms with E-state index in [1.165, 1.54) is 12.3 Å². The molecule has 0 amide bonds. The van der Waals surface area contributed by atoms with Gasteiger partial charge in [-0.05, 0) is 25.8 Å². The van der Waals surface area contributed by atoms with Crippen molar-refractivity contribution in [1.29, 1.82) is 0 Å². The number of rotatable bonds is 13. The van der Waals surface area contributed by atoms with Gasteiger partial charge in [-0.3, -0.25) is 10.3 Å². The molecule has 5 nitrogen and oxygen atoms in total. The van der Waals surface area contributed by atoms with Gasteiger partial charge in [0.15, 0.2) is 5.75 Å². The highest BCUT2D eigenvalue weighted by Crippen LogP contribution is 2.37.